The number of ether oxygens (including phenoxy) is 1. The Hall–Kier alpha value is -2.50. The van der Waals surface area contributed by atoms with Crippen molar-refractivity contribution in [3.05, 3.63) is 46.4 Å². The summed E-state index contributed by atoms with van der Waals surface area (Å²) in [5, 5.41) is 0. The zero-order valence-electron chi connectivity index (χ0n) is 15.6. The molecule has 0 saturated heterocycles. The number of nitrogens with zero attached hydrogens (tertiary/aromatic N) is 2. The van der Waals surface area contributed by atoms with Crippen molar-refractivity contribution in [1.29, 1.82) is 0 Å². The number of esters is 1. The maximum absolute atomic E-state index is 12.5. The Balaban J connectivity index is 2.21. The molecule has 1 aromatic heterocycles. The van der Waals surface area contributed by atoms with E-state index in [1.165, 1.54) is 0 Å². The molecule has 0 aliphatic rings. The first kappa shape index (κ1) is 18.8. The lowest BCUT2D eigenvalue weighted by Gasteiger charge is -2.21. The number of anilines is 1. The molecule has 6 nitrogen and oxygen atoms in total. The number of hydrogen-bond acceptors (Lipinski definition) is 4. The van der Waals surface area contributed by atoms with E-state index in [9.17, 15) is 9.59 Å². The second-order valence-corrected chi connectivity index (χ2v) is 7.44. The molecule has 0 aliphatic carbocycles. The Kier molecular flexibility index (Phi) is 5.40. The molecule has 0 unspecified atom stereocenters. The lowest BCUT2D eigenvalue weighted by Crippen LogP contribution is -2.25. The van der Waals surface area contributed by atoms with Crippen LogP contribution in [0.5, 0.6) is 0 Å². The quantitative estimate of drug-likeness (QED) is 0.845. The zero-order chi connectivity index (χ0) is 18.8. The van der Waals surface area contributed by atoms with Crippen LogP contribution in [-0.4, -0.2) is 20.9 Å². The molecule has 0 amide bonds. The Bertz CT molecular complexity index is 798. The summed E-state index contributed by atoms with van der Waals surface area (Å²) in [5.41, 5.74) is 7.02. The predicted molar refractivity (Wildman–Crippen MR) is 98.8 cm³/mol. The fourth-order valence-corrected chi connectivity index (χ4v) is 2.84. The molecule has 136 valence electrons. The summed E-state index contributed by atoms with van der Waals surface area (Å²) in [5.74, 6) is -0.236. The average molecular weight is 345 g/mol. The van der Waals surface area contributed by atoms with Crippen LogP contribution in [0.4, 0.5) is 5.69 Å². The summed E-state index contributed by atoms with van der Waals surface area (Å²) < 4.78 is 8.67. The molecular weight excluding hydrogens is 318 g/mol. The molecule has 2 rings (SSSR count). The third-order valence-corrected chi connectivity index (χ3v) is 3.90. The Labute approximate surface area is 148 Å². The summed E-state index contributed by atoms with van der Waals surface area (Å²) in [7, 11) is 1.81. The highest BCUT2D eigenvalue weighted by atomic mass is 16.6. The molecule has 0 fully saturated rings. The highest BCUT2D eigenvalue weighted by Gasteiger charge is 2.22. The summed E-state index contributed by atoms with van der Waals surface area (Å²) in [6, 6.07) is 9.35. The van der Waals surface area contributed by atoms with Gasteiger partial charge >= 0.3 is 5.97 Å². The third kappa shape index (κ3) is 4.53. The number of nitrogens with two attached hydrogens (primary N) is 1. The van der Waals surface area contributed by atoms with Gasteiger partial charge < -0.3 is 10.5 Å². The van der Waals surface area contributed by atoms with E-state index >= 15 is 0 Å². The van der Waals surface area contributed by atoms with E-state index in [2.05, 4.69) is 0 Å². The minimum Gasteiger partial charge on any atom is -0.460 e. The number of rotatable bonds is 5. The van der Waals surface area contributed by atoms with Gasteiger partial charge in [0.05, 0.1) is 11.4 Å². The molecule has 1 atom stereocenters. The van der Waals surface area contributed by atoms with Crippen LogP contribution in [0.15, 0.2) is 35.1 Å². The normalized spacial score (nSPS) is 12.8. The van der Waals surface area contributed by atoms with Gasteiger partial charge in [-0.1, -0.05) is 25.1 Å². The van der Waals surface area contributed by atoms with Gasteiger partial charge in [-0.2, -0.15) is 0 Å². The minimum absolute atomic E-state index is 0.00868. The van der Waals surface area contributed by atoms with E-state index in [-0.39, 0.29) is 29.6 Å². The number of carbonyl (C=O) groups excluding carboxylic acids is 1. The summed E-state index contributed by atoms with van der Waals surface area (Å²) >= 11 is 0. The first-order valence-corrected chi connectivity index (χ1v) is 8.43. The monoisotopic (exact) mass is 345 g/mol. The van der Waals surface area contributed by atoms with Crippen LogP contribution in [-0.2, 0) is 23.0 Å². The minimum atomic E-state index is -0.501. The number of nitrogen functional groups attached to an aromatic ring is 1. The smallest absolute Gasteiger partial charge is 0.306 e. The van der Waals surface area contributed by atoms with E-state index in [0.717, 1.165) is 11.4 Å². The fraction of sp³-hybridized carbons (Fsp3) is 0.474. The maximum Gasteiger partial charge on any atom is 0.306 e. The van der Waals surface area contributed by atoms with Crippen LogP contribution in [0, 0.1) is 5.92 Å². The van der Waals surface area contributed by atoms with E-state index in [1.54, 1.807) is 16.4 Å². The van der Waals surface area contributed by atoms with Crippen LogP contribution in [0.2, 0.25) is 0 Å². The van der Waals surface area contributed by atoms with E-state index in [0.29, 0.717) is 6.42 Å². The van der Waals surface area contributed by atoms with Crippen LogP contribution in [0.3, 0.4) is 0 Å². The number of benzene rings is 1. The van der Waals surface area contributed by atoms with Gasteiger partial charge in [-0.3, -0.25) is 14.3 Å². The molecule has 0 spiro atoms. The number of hydrogen-bond donors (Lipinski definition) is 1. The van der Waals surface area contributed by atoms with Crippen molar-refractivity contribution in [2.24, 2.45) is 13.0 Å². The van der Waals surface area contributed by atoms with Crippen molar-refractivity contribution in [3.63, 3.8) is 0 Å². The molecule has 0 bridgehead atoms. The van der Waals surface area contributed by atoms with Crippen LogP contribution in [0.25, 0.3) is 5.69 Å². The van der Waals surface area contributed by atoms with E-state index in [4.69, 9.17) is 10.5 Å². The van der Waals surface area contributed by atoms with Crippen molar-refractivity contribution in [2.45, 2.75) is 46.1 Å². The van der Waals surface area contributed by atoms with Crippen molar-refractivity contribution in [2.75, 3.05) is 5.73 Å². The van der Waals surface area contributed by atoms with Gasteiger partial charge in [0.15, 0.2) is 0 Å². The zero-order valence-corrected chi connectivity index (χ0v) is 15.6. The largest absolute Gasteiger partial charge is 0.460 e. The standard InChI is InChI=1S/C19H27N3O3/c1-13(12-16(23)25-19(2,3)4)11-15-17(20)18(24)22(21(15)5)14-9-7-6-8-10-14/h6-10,13H,11-12,20H2,1-5H3/t13-/m1/s1. The van der Waals surface area contributed by atoms with Gasteiger partial charge in [0.2, 0.25) is 0 Å². The van der Waals surface area contributed by atoms with Crippen molar-refractivity contribution >= 4 is 11.7 Å². The van der Waals surface area contributed by atoms with Crippen LogP contribution in [0.1, 0.15) is 39.8 Å². The number of carbonyl (C=O) groups is 1. The highest BCUT2D eigenvalue weighted by Crippen LogP contribution is 2.19. The Morgan fingerprint density at radius 3 is 2.40 bits per heavy atom. The van der Waals surface area contributed by atoms with Gasteiger partial charge in [0.25, 0.3) is 5.56 Å². The average Bonchev–Trinajstić information content (AvgIpc) is 2.70. The molecule has 0 saturated carbocycles. The molecule has 1 aromatic carbocycles. The summed E-state index contributed by atoms with van der Waals surface area (Å²) in [4.78, 5) is 24.5. The Morgan fingerprint density at radius 1 is 1.24 bits per heavy atom. The first-order chi connectivity index (χ1) is 11.6. The first-order valence-electron chi connectivity index (χ1n) is 8.43. The predicted octanol–water partition coefficient (Wildman–Crippen LogP) is 2.67. The lowest BCUT2D eigenvalue weighted by molar-refractivity contribution is -0.155. The van der Waals surface area contributed by atoms with Gasteiger partial charge in [0, 0.05) is 13.5 Å². The molecule has 2 aromatic rings. The second-order valence-electron chi connectivity index (χ2n) is 7.44. The molecule has 6 heteroatoms. The molecule has 0 radical (unpaired) electrons. The molecule has 25 heavy (non-hydrogen) atoms. The van der Waals surface area contributed by atoms with Crippen LogP contribution < -0.4 is 11.3 Å². The molecule has 0 aliphatic heterocycles. The fourth-order valence-electron chi connectivity index (χ4n) is 2.84. The van der Waals surface area contributed by atoms with Gasteiger partial charge in [-0.25, -0.2) is 4.68 Å². The highest BCUT2D eigenvalue weighted by molar-refractivity contribution is 5.70. The lowest BCUT2D eigenvalue weighted by atomic mass is 10.0. The molecular formula is C19H27N3O3. The van der Waals surface area contributed by atoms with Crippen molar-refractivity contribution in [1.82, 2.24) is 9.36 Å². The van der Waals surface area contributed by atoms with Crippen LogP contribution >= 0.6 is 0 Å². The third-order valence-electron chi connectivity index (χ3n) is 3.90. The van der Waals surface area contributed by atoms with E-state index < -0.39 is 5.60 Å². The van der Waals surface area contributed by atoms with E-state index in [1.807, 2.05) is 58.0 Å². The molecule has 2 N–H and O–H groups in total. The number of aromatic nitrogens is 2. The topological polar surface area (TPSA) is 79.2 Å². The van der Waals surface area contributed by atoms with Gasteiger partial charge in [-0.05, 0) is 45.2 Å². The van der Waals surface area contributed by atoms with Crippen molar-refractivity contribution < 1.29 is 9.53 Å². The second kappa shape index (κ2) is 7.17. The SMILES string of the molecule is C[C@@H](CC(=O)OC(C)(C)C)Cc1c(N)c(=O)n(-c2ccccc2)n1C. The van der Waals surface area contributed by atoms with Gasteiger partial charge in [0.1, 0.15) is 11.3 Å². The Morgan fingerprint density at radius 2 is 1.84 bits per heavy atom. The maximum atomic E-state index is 12.5. The summed E-state index contributed by atoms with van der Waals surface area (Å²) in [6.45, 7) is 7.49. The number of para-hydroxylation sites is 1. The summed E-state index contributed by atoms with van der Waals surface area (Å²) in [6.07, 6.45) is 0.804. The van der Waals surface area contributed by atoms with Gasteiger partial charge in [-0.15, -0.1) is 0 Å². The molecule has 1 heterocycles. The van der Waals surface area contributed by atoms with Crippen molar-refractivity contribution in [3.8, 4) is 5.69 Å².